The van der Waals surface area contributed by atoms with Crippen LogP contribution in [-0.4, -0.2) is 55.0 Å². The van der Waals surface area contributed by atoms with Crippen LogP contribution in [0.4, 0.5) is 9.18 Å². The molecule has 1 atom stereocenters. The van der Waals surface area contributed by atoms with Crippen LogP contribution in [0, 0.1) is 5.82 Å². The molecule has 3 aromatic rings. The van der Waals surface area contributed by atoms with Crippen molar-refractivity contribution in [2.24, 2.45) is 0 Å². The Morgan fingerprint density at radius 1 is 1.14 bits per heavy atom. The molecule has 190 valence electrons. The van der Waals surface area contributed by atoms with Crippen LogP contribution in [0.15, 0.2) is 52.7 Å². The fourth-order valence-corrected chi connectivity index (χ4v) is 4.10. The molecule has 0 bridgehead atoms. The minimum absolute atomic E-state index is 0.123. The summed E-state index contributed by atoms with van der Waals surface area (Å²) in [6.07, 6.45) is 0.666. The molecule has 2 amide bonds. The third-order valence-electron chi connectivity index (χ3n) is 5.99. The Hall–Kier alpha value is -3.92. The van der Waals surface area contributed by atoms with Crippen molar-refractivity contribution in [1.29, 1.82) is 0 Å². The number of carbonyl (C=O) groups is 1. The first-order chi connectivity index (χ1) is 17.5. The fourth-order valence-electron chi connectivity index (χ4n) is 4.10. The smallest absolute Gasteiger partial charge is 0.322 e. The number of methoxy groups -OCH3 is 2. The van der Waals surface area contributed by atoms with Gasteiger partial charge in [-0.15, -0.1) is 0 Å². The Labute approximate surface area is 208 Å². The molecule has 0 saturated heterocycles. The van der Waals surface area contributed by atoms with E-state index in [1.54, 1.807) is 18.1 Å². The van der Waals surface area contributed by atoms with Gasteiger partial charge in [-0.25, -0.2) is 9.18 Å². The van der Waals surface area contributed by atoms with Crippen LogP contribution in [-0.2, 0) is 4.74 Å². The Morgan fingerprint density at radius 3 is 2.58 bits per heavy atom. The third kappa shape index (κ3) is 5.18. The largest absolute Gasteiger partial charge is 0.497 e. The van der Waals surface area contributed by atoms with Gasteiger partial charge in [0, 0.05) is 31.0 Å². The van der Waals surface area contributed by atoms with Gasteiger partial charge in [0.2, 0.25) is 5.82 Å². The summed E-state index contributed by atoms with van der Waals surface area (Å²) in [5.74, 6) is 0.744. The zero-order valence-corrected chi connectivity index (χ0v) is 20.7. The average molecular weight is 497 g/mol. The number of nitrogens with zero attached hydrogens (tertiary/aromatic N) is 3. The zero-order chi connectivity index (χ0) is 25.7. The SMILES string of the molecule is CCOCCCN1C(=O)NC(c2ccc(OC)cc2)C(c2nc(-c3ccc(OC)c(F)c3)no2)=C1C. The van der Waals surface area contributed by atoms with Crippen molar-refractivity contribution in [2.75, 3.05) is 34.0 Å². The maximum atomic E-state index is 14.3. The quantitative estimate of drug-likeness (QED) is 0.402. The first-order valence-electron chi connectivity index (χ1n) is 11.6. The van der Waals surface area contributed by atoms with Gasteiger partial charge in [0.1, 0.15) is 5.75 Å². The van der Waals surface area contributed by atoms with Gasteiger partial charge in [-0.05, 0) is 56.2 Å². The highest BCUT2D eigenvalue weighted by Gasteiger charge is 2.35. The van der Waals surface area contributed by atoms with Crippen LogP contribution >= 0.6 is 0 Å². The van der Waals surface area contributed by atoms with Gasteiger partial charge in [-0.2, -0.15) is 4.98 Å². The monoisotopic (exact) mass is 496 g/mol. The van der Waals surface area contributed by atoms with Gasteiger partial charge in [0.15, 0.2) is 11.6 Å². The molecule has 1 unspecified atom stereocenters. The molecule has 0 radical (unpaired) electrons. The lowest BCUT2D eigenvalue weighted by Crippen LogP contribution is -2.46. The second kappa shape index (κ2) is 11.2. The number of aromatic nitrogens is 2. The molecule has 1 aromatic heterocycles. The summed E-state index contributed by atoms with van der Waals surface area (Å²) in [5, 5.41) is 7.14. The summed E-state index contributed by atoms with van der Waals surface area (Å²) < 4.78 is 35.6. The lowest BCUT2D eigenvalue weighted by molar-refractivity contribution is 0.136. The van der Waals surface area contributed by atoms with Crippen molar-refractivity contribution >= 4 is 11.6 Å². The van der Waals surface area contributed by atoms with E-state index in [0.29, 0.717) is 48.8 Å². The number of ether oxygens (including phenoxy) is 3. The fraction of sp³-hybridized carbons (Fsp3) is 0.346. The Kier molecular flexibility index (Phi) is 7.84. The van der Waals surface area contributed by atoms with Gasteiger partial charge in [0.05, 0.1) is 25.8 Å². The molecule has 2 aromatic carbocycles. The van der Waals surface area contributed by atoms with E-state index in [4.69, 9.17) is 18.7 Å². The molecule has 4 rings (SSSR count). The predicted octanol–water partition coefficient (Wildman–Crippen LogP) is 4.82. The summed E-state index contributed by atoms with van der Waals surface area (Å²) in [6.45, 7) is 5.39. The molecule has 0 aliphatic carbocycles. The van der Waals surface area contributed by atoms with Gasteiger partial charge >= 0.3 is 6.03 Å². The van der Waals surface area contributed by atoms with E-state index in [9.17, 15) is 9.18 Å². The average Bonchev–Trinajstić information content (AvgIpc) is 3.37. The van der Waals surface area contributed by atoms with Crippen LogP contribution in [0.25, 0.3) is 17.0 Å². The van der Waals surface area contributed by atoms with Gasteiger partial charge in [0.25, 0.3) is 5.89 Å². The number of carbonyl (C=O) groups excluding carboxylic acids is 1. The molecule has 10 heteroatoms. The topological polar surface area (TPSA) is 99.0 Å². The molecule has 9 nitrogen and oxygen atoms in total. The van der Waals surface area contributed by atoms with Crippen LogP contribution < -0.4 is 14.8 Å². The summed E-state index contributed by atoms with van der Waals surface area (Å²) in [5.41, 5.74) is 2.61. The highest BCUT2D eigenvalue weighted by molar-refractivity contribution is 5.86. The van der Waals surface area contributed by atoms with Gasteiger partial charge in [-0.1, -0.05) is 17.3 Å². The number of rotatable bonds is 10. The molecule has 1 aliphatic heterocycles. The number of benzene rings is 2. The molecule has 36 heavy (non-hydrogen) atoms. The Morgan fingerprint density at radius 2 is 1.92 bits per heavy atom. The van der Waals surface area contributed by atoms with E-state index in [0.717, 1.165) is 5.56 Å². The maximum Gasteiger partial charge on any atom is 0.322 e. The minimum atomic E-state index is -0.535. The standard InChI is InChI=1S/C26H29FN4O5/c1-5-35-14-6-13-31-16(2)22(23(28-26(31)32)17-7-10-19(33-3)11-8-17)25-29-24(30-36-25)18-9-12-21(34-4)20(27)15-18/h7-12,15,23H,5-6,13-14H2,1-4H3,(H,28,32). The number of urea groups is 1. The van der Waals surface area contributed by atoms with Crippen molar-refractivity contribution in [3.05, 3.63) is 65.4 Å². The number of allylic oxidation sites excluding steroid dienone is 1. The van der Waals surface area contributed by atoms with E-state index in [2.05, 4.69) is 15.5 Å². The van der Waals surface area contributed by atoms with Crippen LogP contribution in [0.2, 0.25) is 0 Å². The summed E-state index contributed by atoms with van der Waals surface area (Å²) in [6, 6.07) is 11.1. The van der Waals surface area contributed by atoms with Crippen molar-refractivity contribution < 1.29 is 27.9 Å². The summed E-state index contributed by atoms with van der Waals surface area (Å²) >= 11 is 0. The van der Waals surface area contributed by atoms with Crippen LogP contribution in [0.5, 0.6) is 11.5 Å². The second-order valence-corrected chi connectivity index (χ2v) is 8.13. The van der Waals surface area contributed by atoms with Crippen LogP contribution in [0.3, 0.4) is 0 Å². The number of nitrogens with one attached hydrogen (secondary N) is 1. The first-order valence-corrected chi connectivity index (χ1v) is 11.6. The molecule has 0 spiro atoms. The first kappa shape index (κ1) is 25.2. The predicted molar refractivity (Wildman–Crippen MR) is 131 cm³/mol. The molecular formula is C26H29FN4O5. The van der Waals surface area contributed by atoms with E-state index in [1.807, 2.05) is 38.1 Å². The molecule has 1 aliphatic rings. The van der Waals surface area contributed by atoms with Crippen molar-refractivity contribution in [3.63, 3.8) is 0 Å². The molecule has 0 fully saturated rings. The summed E-state index contributed by atoms with van der Waals surface area (Å²) in [4.78, 5) is 19.3. The molecule has 2 heterocycles. The maximum absolute atomic E-state index is 14.3. The highest BCUT2D eigenvalue weighted by atomic mass is 19.1. The molecule has 0 saturated carbocycles. The van der Waals surface area contributed by atoms with Crippen molar-refractivity contribution in [1.82, 2.24) is 20.4 Å². The zero-order valence-electron chi connectivity index (χ0n) is 20.7. The second-order valence-electron chi connectivity index (χ2n) is 8.13. The number of hydrogen-bond donors (Lipinski definition) is 1. The number of amides is 2. The van der Waals surface area contributed by atoms with Crippen LogP contribution in [0.1, 0.15) is 37.8 Å². The van der Waals surface area contributed by atoms with E-state index in [-0.39, 0.29) is 23.5 Å². The normalized spacial score (nSPS) is 15.8. The van der Waals surface area contributed by atoms with Crippen molar-refractivity contribution in [3.8, 4) is 22.9 Å². The highest BCUT2D eigenvalue weighted by Crippen LogP contribution is 2.38. The number of halogens is 1. The molecular weight excluding hydrogens is 467 g/mol. The van der Waals surface area contributed by atoms with Gasteiger partial charge in [-0.3, -0.25) is 4.90 Å². The van der Waals surface area contributed by atoms with E-state index in [1.165, 1.54) is 19.2 Å². The lowest BCUT2D eigenvalue weighted by atomic mass is 9.94. The Bertz CT molecular complexity index is 1240. The van der Waals surface area contributed by atoms with Gasteiger partial charge < -0.3 is 24.1 Å². The van der Waals surface area contributed by atoms with Crippen molar-refractivity contribution in [2.45, 2.75) is 26.3 Å². The molecule has 1 N–H and O–H groups in total. The van der Waals surface area contributed by atoms with E-state index >= 15 is 0 Å². The Balaban J connectivity index is 1.73. The summed E-state index contributed by atoms with van der Waals surface area (Å²) in [7, 11) is 2.99. The third-order valence-corrected chi connectivity index (χ3v) is 5.99. The minimum Gasteiger partial charge on any atom is -0.497 e. The number of hydrogen-bond acceptors (Lipinski definition) is 7. The van der Waals surface area contributed by atoms with E-state index < -0.39 is 11.9 Å². The lowest BCUT2D eigenvalue weighted by Gasteiger charge is -2.35.